The molecule has 1 atom stereocenters. The number of aromatic amines is 1. The summed E-state index contributed by atoms with van der Waals surface area (Å²) in [5, 5.41) is 27.8. The number of benzene rings is 2. The standard InChI is InChI=1S/C23H25N7O3/c1-3-4-9-20-26-30(15(2)22(31)32)23(33)29(20)14-16-10-12-17(13-11-16)18-7-5-6-8-19(18)21-24-27-28-25-21/h5-8,10-13,15H,3-4,9,14H2,1-2H3,(H,31,32)(H,24,25,27,28). The lowest BCUT2D eigenvalue weighted by Gasteiger charge is -2.09. The zero-order chi connectivity index (χ0) is 23.4. The van der Waals surface area contributed by atoms with E-state index in [9.17, 15) is 14.7 Å². The molecular formula is C23H25N7O3. The lowest BCUT2D eigenvalue weighted by molar-refractivity contribution is -0.140. The summed E-state index contributed by atoms with van der Waals surface area (Å²) in [5.41, 5.74) is 3.35. The second kappa shape index (κ2) is 9.60. The van der Waals surface area contributed by atoms with Crippen molar-refractivity contribution in [1.29, 1.82) is 0 Å². The molecule has 1 unspecified atom stereocenters. The van der Waals surface area contributed by atoms with E-state index in [1.54, 1.807) is 4.57 Å². The average Bonchev–Trinajstić information content (AvgIpc) is 3.47. The van der Waals surface area contributed by atoms with Gasteiger partial charge in [0.2, 0.25) is 0 Å². The summed E-state index contributed by atoms with van der Waals surface area (Å²) in [7, 11) is 0. The Kier molecular flexibility index (Phi) is 6.43. The number of H-pyrrole nitrogens is 1. The van der Waals surface area contributed by atoms with Gasteiger partial charge in [-0.2, -0.15) is 9.78 Å². The van der Waals surface area contributed by atoms with Crippen molar-refractivity contribution in [2.45, 2.75) is 45.7 Å². The highest BCUT2D eigenvalue weighted by atomic mass is 16.4. The number of tetrazole rings is 1. The van der Waals surface area contributed by atoms with Crippen LogP contribution in [0.5, 0.6) is 0 Å². The first kappa shape index (κ1) is 22.1. The van der Waals surface area contributed by atoms with Crippen LogP contribution >= 0.6 is 0 Å². The Labute approximate surface area is 189 Å². The number of carboxylic acids is 1. The second-order valence-electron chi connectivity index (χ2n) is 7.84. The minimum Gasteiger partial charge on any atom is -0.480 e. The van der Waals surface area contributed by atoms with Gasteiger partial charge in [0.1, 0.15) is 5.82 Å². The van der Waals surface area contributed by atoms with Crippen LogP contribution < -0.4 is 5.69 Å². The minimum atomic E-state index is -1.09. The first-order chi connectivity index (χ1) is 16.0. The predicted octanol–water partition coefficient (Wildman–Crippen LogP) is 2.93. The van der Waals surface area contributed by atoms with E-state index in [1.165, 1.54) is 6.92 Å². The van der Waals surface area contributed by atoms with E-state index >= 15 is 0 Å². The Hall–Kier alpha value is -4.08. The molecule has 170 valence electrons. The van der Waals surface area contributed by atoms with Crippen LogP contribution in [-0.4, -0.2) is 46.0 Å². The van der Waals surface area contributed by atoms with Gasteiger partial charge in [0.05, 0.1) is 6.54 Å². The Morgan fingerprint density at radius 2 is 1.85 bits per heavy atom. The van der Waals surface area contributed by atoms with Gasteiger partial charge < -0.3 is 5.11 Å². The number of carboxylic acid groups (broad SMARTS) is 1. The number of aliphatic carboxylic acids is 1. The molecule has 2 heterocycles. The summed E-state index contributed by atoms with van der Waals surface area (Å²) in [4.78, 5) is 24.4. The Morgan fingerprint density at radius 1 is 1.12 bits per heavy atom. The van der Waals surface area contributed by atoms with Crippen molar-refractivity contribution in [1.82, 2.24) is 35.0 Å². The Bertz CT molecular complexity index is 1290. The number of carbonyl (C=O) groups is 1. The van der Waals surface area contributed by atoms with Crippen LogP contribution in [0.4, 0.5) is 0 Å². The first-order valence-corrected chi connectivity index (χ1v) is 10.8. The van der Waals surface area contributed by atoms with E-state index in [1.807, 2.05) is 48.5 Å². The molecule has 2 N–H and O–H groups in total. The number of nitrogens with one attached hydrogen (secondary N) is 1. The van der Waals surface area contributed by atoms with E-state index < -0.39 is 17.7 Å². The molecule has 0 fully saturated rings. The topological polar surface area (TPSA) is 132 Å². The molecule has 0 aliphatic heterocycles. The fraction of sp³-hybridized carbons (Fsp3) is 0.304. The highest BCUT2D eigenvalue weighted by molar-refractivity contribution is 5.80. The highest BCUT2D eigenvalue weighted by Gasteiger charge is 2.22. The van der Waals surface area contributed by atoms with E-state index in [0.29, 0.717) is 24.6 Å². The number of aromatic nitrogens is 7. The van der Waals surface area contributed by atoms with E-state index in [4.69, 9.17) is 0 Å². The van der Waals surface area contributed by atoms with E-state index in [-0.39, 0.29) is 0 Å². The third-order valence-electron chi connectivity index (χ3n) is 5.57. The van der Waals surface area contributed by atoms with Crippen LogP contribution in [0, 0.1) is 0 Å². The fourth-order valence-electron chi connectivity index (χ4n) is 3.68. The molecule has 2 aromatic heterocycles. The molecular weight excluding hydrogens is 422 g/mol. The highest BCUT2D eigenvalue weighted by Crippen LogP contribution is 2.29. The summed E-state index contributed by atoms with van der Waals surface area (Å²) < 4.78 is 2.63. The van der Waals surface area contributed by atoms with Crippen LogP contribution in [0.1, 0.15) is 44.1 Å². The number of hydrogen-bond donors (Lipinski definition) is 2. The van der Waals surface area contributed by atoms with Gasteiger partial charge in [-0.1, -0.05) is 61.9 Å². The van der Waals surface area contributed by atoms with E-state index in [0.717, 1.165) is 39.8 Å². The average molecular weight is 447 g/mol. The molecule has 0 amide bonds. The number of unbranched alkanes of at least 4 members (excludes halogenated alkanes) is 1. The molecule has 0 saturated heterocycles. The molecule has 0 aliphatic carbocycles. The molecule has 4 aromatic rings. The van der Waals surface area contributed by atoms with Gasteiger partial charge in [-0.15, -0.1) is 5.10 Å². The third-order valence-corrected chi connectivity index (χ3v) is 5.57. The number of rotatable bonds is 9. The first-order valence-electron chi connectivity index (χ1n) is 10.8. The van der Waals surface area contributed by atoms with Crippen molar-refractivity contribution < 1.29 is 9.90 Å². The van der Waals surface area contributed by atoms with Crippen molar-refractivity contribution >= 4 is 5.97 Å². The fourth-order valence-corrected chi connectivity index (χ4v) is 3.68. The maximum absolute atomic E-state index is 12.9. The van der Waals surface area contributed by atoms with Crippen LogP contribution in [0.25, 0.3) is 22.5 Å². The van der Waals surface area contributed by atoms with Gasteiger partial charge in [-0.05, 0) is 40.5 Å². The summed E-state index contributed by atoms with van der Waals surface area (Å²) in [6.45, 7) is 3.84. The summed E-state index contributed by atoms with van der Waals surface area (Å²) in [6, 6.07) is 14.7. The van der Waals surface area contributed by atoms with Crippen LogP contribution in [0.15, 0.2) is 53.3 Å². The predicted molar refractivity (Wildman–Crippen MR) is 122 cm³/mol. The molecule has 10 heteroatoms. The van der Waals surface area contributed by atoms with Crippen LogP contribution in [0.3, 0.4) is 0 Å². The molecule has 2 aromatic carbocycles. The smallest absolute Gasteiger partial charge is 0.347 e. The van der Waals surface area contributed by atoms with Crippen molar-refractivity contribution in [3.05, 3.63) is 70.4 Å². The number of aryl methyl sites for hydroxylation is 1. The maximum atomic E-state index is 12.9. The summed E-state index contributed by atoms with van der Waals surface area (Å²) in [5.74, 6) is 0.0951. The zero-order valence-corrected chi connectivity index (χ0v) is 18.5. The Morgan fingerprint density at radius 3 is 2.48 bits per heavy atom. The van der Waals surface area contributed by atoms with Crippen molar-refractivity contribution in [3.63, 3.8) is 0 Å². The van der Waals surface area contributed by atoms with Gasteiger partial charge in [-0.3, -0.25) is 4.57 Å². The number of hydrogen-bond acceptors (Lipinski definition) is 6. The van der Waals surface area contributed by atoms with Gasteiger partial charge in [-0.25, -0.2) is 14.7 Å². The quantitative estimate of drug-likeness (QED) is 0.403. The lowest BCUT2D eigenvalue weighted by atomic mass is 9.98. The minimum absolute atomic E-state index is 0.318. The van der Waals surface area contributed by atoms with Gasteiger partial charge >= 0.3 is 11.7 Å². The molecule has 0 spiro atoms. The van der Waals surface area contributed by atoms with Gasteiger partial charge in [0.15, 0.2) is 11.9 Å². The normalized spacial score (nSPS) is 12.1. The second-order valence-corrected chi connectivity index (χ2v) is 7.84. The third kappa shape index (κ3) is 4.59. The van der Waals surface area contributed by atoms with Gasteiger partial charge in [0.25, 0.3) is 0 Å². The SMILES string of the molecule is CCCCc1nn(C(C)C(=O)O)c(=O)n1Cc1ccc(-c2ccccc2-c2nnn[nH]2)cc1. The van der Waals surface area contributed by atoms with Crippen LogP contribution in [0.2, 0.25) is 0 Å². The van der Waals surface area contributed by atoms with Crippen LogP contribution in [-0.2, 0) is 17.8 Å². The van der Waals surface area contributed by atoms with Gasteiger partial charge in [0, 0.05) is 12.0 Å². The molecule has 10 nitrogen and oxygen atoms in total. The molecule has 0 bridgehead atoms. The molecule has 33 heavy (non-hydrogen) atoms. The lowest BCUT2D eigenvalue weighted by Crippen LogP contribution is -2.31. The van der Waals surface area contributed by atoms with Crippen molar-refractivity contribution in [2.24, 2.45) is 0 Å². The largest absolute Gasteiger partial charge is 0.480 e. The summed E-state index contributed by atoms with van der Waals surface area (Å²) in [6.07, 6.45) is 2.43. The molecule has 4 rings (SSSR count). The van der Waals surface area contributed by atoms with E-state index in [2.05, 4.69) is 32.6 Å². The molecule has 0 saturated carbocycles. The molecule has 0 aliphatic rings. The Balaban J connectivity index is 1.64. The van der Waals surface area contributed by atoms with Crippen molar-refractivity contribution in [2.75, 3.05) is 0 Å². The summed E-state index contributed by atoms with van der Waals surface area (Å²) >= 11 is 0. The zero-order valence-electron chi connectivity index (χ0n) is 18.5. The number of nitrogens with zero attached hydrogens (tertiary/aromatic N) is 6. The van der Waals surface area contributed by atoms with Crippen molar-refractivity contribution in [3.8, 4) is 22.5 Å². The molecule has 0 radical (unpaired) electrons. The maximum Gasteiger partial charge on any atom is 0.347 e. The monoisotopic (exact) mass is 447 g/mol.